The zero-order valence-electron chi connectivity index (χ0n) is 13.2. The molecule has 1 N–H and O–H groups in total. The van der Waals surface area contributed by atoms with Gasteiger partial charge in [-0.25, -0.2) is 17.2 Å². The van der Waals surface area contributed by atoms with Crippen molar-refractivity contribution >= 4 is 15.7 Å². The van der Waals surface area contributed by atoms with Crippen molar-refractivity contribution in [1.29, 1.82) is 0 Å². The lowest BCUT2D eigenvalue weighted by Gasteiger charge is -2.15. The molecule has 0 saturated heterocycles. The molecular weight excluding hydrogens is 340 g/mol. The normalized spacial score (nSPS) is 11.2. The zero-order valence-corrected chi connectivity index (χ0v) is 14.0. The van der Waals surface area contributed by atoms with E-state index in [4.69, 9.17) is 9.47 Å². The van der Waals surface area contributed by atoms with Crippen LogP contribution in [0.3, 0.4) is 0 Å². The van der Waals surface area contributed by atoms with Crippen LogP contribution in [0.1, 0.15) is 13.8 Å². The van der Waals surface area contributed by atoms with E-state index >= 15 is 0 Å². The monoisotopic (exact) mass is 357 g/mol. The first-order valence-electron chi connectivity index (χ1n) is 7.25. The molecule has 0 aliphatic rings. The first kappa shape index (κ1) is 18.0. The van der Waals surface area contributed by atoms with Gasteiger partial charge in [-0.05, 0) is 38.1 Å². The van der Waals surface area contributed by atoms with Gasteiger partial charge in [0.2, 0.25) is 0 Å². The molecule has 0 saturated carbocycles. The van der Waals surface area contributed by atoms with Crippen molar-refractivity contribution in [3.05, 3.63) is 48.0 Å². The number of halogens is 2. The fourth-order valence-corrected chi connectivity index (χ4v) is 3.14. The average Bonchev–Trinajstić information content (AvgIpc) is 2.49. The molecule has 0 aliphatic heterocycles. The Hall–Kier alpha value is -2.35. The number of hydrogen-bond acceptors (Lipinski definition) is 4. The molecule has 24 heavy (non-hydrogen) atoms. The maximum Gasteiger partial charge on any atom is 0.264 e. The predicted molar refractivity (Wildman–Crippen MR) is 85.9 cm³/mol. The molecule has 0 radical (unpaired) electrons. The summed E-state index contributed by atoms with van der Waals surface area (Å²) in [6.45, 7) is 4.24. The number of anilines is 1. The van der Waals surface area contributed by atoms with Crippen molar-refractivity contribution in [2.75, 3.05) is 17.9 Å². The Morgan fingerprint density at radius 1 is 1.00 bits per heavy atom. The maximum absolute atomic E-state index is 13.8. The van der Waals surface area contributed by atoms with Gasteiger partial charge in [-0.15, -0.1) is 0 Å². The van der Waals surface area contributed by atoms with Crippen LogP contribution < -0.4 is 14.2 Å². The van der Waals surface area contributed by atoms with E-state index in [9.17, 15) is 17.2 Å². The van der Waals surface area contributed by atoms with Gasteiger partial charge < -0.3 is 9.47 Å². The third kappa shape index (κ3) is 4.14. The van der Waals surface area contributed by atoms with Gasteiger partial charge >= 0.3 is 0 Å². The maximum atomic E-state index is 13.8. The van der Waals surface area contributed by atoms with Crippen molar-refractivity contribution in [2.24, 2.45) is 0 Å². The molecule has 0 atom stereocenters. The molecule has 0 bridgehead atoms. The van der Waals surface area contributed by atoms with Gasteiger partial charge in [0.15, 0.2) is 0 Å². The van der Waals surface area contributed by atoms with Crippen LogP contribution in [-0.2, 0) is 10.0 Å². The Bertz CT molecular complexity index is 825. The fraction of sp³-hybridized carbons (Fsp3) is 0.250. The summed E-state index contributed by atoms with van der Waals surface area (Å²) in [5.74, 6) is -1.34. The molecule has 0 unspecified atom stereocenters. The Morgan fingerprint density at radius 3 is 2.33 bits per heavy atom. The van der Waals surface area contributed by atoms with Crippen LogP contribution in [0, 0.1) is 11.6 Å². The third-order valence-corrected chi connectivity index (χ3v) is 4.39. The van der Waals surface area contributed by atoms with Crippen LogP contribution in [-0.4, -0.2) is 21.6 Å². The summed E-state index contributed by atoms with van der Waals surface area (Å²) in [6, 6.07) is 6.86. The zero-order chi connectivity index (χ0) is 17.7. The van der Waals surface area contributed by atoms with E-state index in [1.807, 2.05) is 0 Å². The lowest BCUT2D eigenvalue weighted by Crippen LogP contribution is -2.15. The van der Waals surface area contributed by atoms with Gasteiger partial charge in [-0.3, -0.25) is 4.72 Å². The quantitative estimate of drug-likeness (QED) is 0.823. The highest BCUT2D eigenvalue weighted by atomic mass is 32.2. The highest BCUT2D eigenvalue weighted by Crippen LogP contribution is 2.31. The lowest BCUT2D eigenvalue weighted by atomic mass is 10.3. The van der Waals surface area contributed by atoms with Crippen LogP contribution in [0.5, 0.6) is 11.5 Å². The topological polar surface area (TPSA) is 64.6 Å². The second-order valence-electron chi connectivity index (χ2n) is 4.70. The summed E-state index contributed by atoms with van der Waals surface area (Å²) in [5.41, 5.74) is 0.103. The van der Waals surface area contributed by atoms with E-state index in [0.717, 1.165) is 12.1 Å². The lowest BCUT2D eigenvalue weighted by molar-refractivity contribution is 0.332. The van der Waals surface area contributed by atoms with Crippen molar-refractivity contribution in [3.8, 4) is 11.5 Å². The van der Waals surface area contributed by atoms with Crippen molar-refractivity contribution in [3.63, 3.8) is 0 Å². The standard InChI is InChI=1S/C16H17F2NO4S/c1-3-22-12-6-7-15(23-4-2)14(10-12)19-24(20,21)16-8-5-11(17)9-13(16)18/h5-10,19H,3-4H2,1-2H3. The summed E-state index contributed by atoms with van der Waals surface area (Å²) in [4.78, 5) is -0.659. The van der Waals surface area contributed by atoms with Crippen LogP contribution in [0.2, 0.25) is 0 Å². The smallest absolute Gasteiger partial charge is 0.264 e. The molecule has 2 aromatic rings. The minimum Gasteiger partial charge on any atom is -0.494 e. The SMILES string of the molecule is CCOc1ccc(OCC)c(NS(=O)(=O)c2ccc(F)cc2F)c1. The van der Waals surface area contributed by atoms with Crippen LogP contribution in [0.4, 0.5) is 14.5 Å². The van der Waals surface area contributed by atoms with Crippen molar-refractivity contribution < 1.29 is 26.7 Å². The van der Waals surface area contributed by atoms with E-state index in [1.165, 1.54) is 6.07 Å². The van der Waals surface area contributed by atoms with Crippen molar-refractivity contribution in [2.45, 2.75) is 18.7 Å². The summed E-state index contributed by atoms with van der Waals surface area (Å²) < 4.78 is 64.5. The molecule has 8 heteroatoms. The largest absolute Gasteiger partial charge is 0.494 e. The Morgan fingerprint density at radius 2 is 1.71 bits per heavy atom. The second-order valence-corrected chi connectivity index (χ2v) is 6.36. The van der Waals surface area contributed by atoms with E-state index in [0.29, 0.717) is 25.0 Å². The molecule has 2 aromatic carbocycles. The van der Waals surface area contributed by atoms with Crippen LogP contribution in [0.15, 0.2) is 41.3 Å². The first-order valence-corrected chi connectivity index (χ1v) is 8.73. The Kier molecular flexibility index (Phi) is 5.61. The first-order chi connectivity index (χ1) is 11.4. The summed E-state index contributed by atoms with van der Waals surface area (Å²) in [7, 11) is -4.26. The van der Waals surface area contributed by atoms with Gasteiger partial charge in [0, 0.05) is 12.1 Å². The number of rotatable bonds is 7. The minimum absolute atomic E-state index is 0.103. The molecule has 0 spiro atoms. The van der Waals surface area contributed by atoms with Crippen molar-refractivity contribution in [1.82, 2.24) is 0 Å². The number of benzene rings is 2. The molecule has 0 amide bonds. The molecular formula is C16H17F2NO4S. The van der Waals surface area contributed by atoms with Crippen LogP contribution >= 0.6 is 0 Å². The Balaban J connectivity index is 2.42. The Labute approximate surface area is 139 Å². The predicted octanol–water partition coefficient (Wildman–Crippen LogP) is 3.56. The average molecular weight is 357 g/mol. The number of ether oxygens (including phenoxy) is 2. The molecule has 130 valence electrons. The summed E-state index contributed by atoms with van der Waals surface area (Å²) in [6.07, 6.45) is 0. The van der Waals surface area contributed by atoms with Gasteiger partial charge in [0.05, 0.1) is 18.9 Å². The fourth-order valence-electron chi connectivity index (χ4n) is 2.02. The number of nitrogens with one attached hydrogen (secondary N) is 1. The van der Waals surface area contributed by atoms with E-state index in [2.05, 4.69) is 4.72 Å². The minimum atomic E-state index is -4.26. The van der Waals surface area contributed by atoms with Gasteiger partial charge in [-0.1, -0.05) is 0 Å². The third-order valence-electron chi connectivity index (χ3n) is 2.99. The second kappa shape index (κ2) is 7.48. The molecule has 0 heterocycles. The molecule has 5 nitrogen and oxygen atoms in total. The molecule has 0 aromatic heterocycles. The summed E-state index contributed by atoms with van der Waals surface area (Å²) >= 11 is 0. The van der Waals surface area contributed by atoms with E-state index < -0.39 is 26.6 Å². The van der Waals surface area contributed by atoms with Crippen LogP contribution in [0.25, 0.3) is 0 Å². The molecule has 0 fully saturated rings. The van der Waals surface area contributed by atoms with Gasteiger partial charge in [0.25, 0.3) is 10.0 Å². The highest BCUT2D eigenvalue weighted by Gasteiger charge is 2.21. The van der Waals surface area contributed by atoms with E-state index in [-0.39, 0.29) is 11.4 Å². The molecule has 2 rings (SSSR count). The van der Waals surface area contributed by atoms with Gasteiger partial charge in [0.1, 0.15) is 28.0 Å². The summed E-state index contributed by atoms with van der Waals surface area (Å²) in [5, 5.41) is 0. The highest BCUT2D eigenvalue weighted by molar-refractivity contribution is 7.92. The van der Waals surface area contributed by atoms with Gasteiger partial charge in [-0.2, -0.15) is 0 Å². The molecule has 0 aliphatic carbocycles. The number of hydrogen-bond donors (Lipinski definition) is 1. The number of sulfonamides is 1. The van der Waals surface area contributed by atoms with E-state index in [1.54, 1.807) is 26.0 Å².